The van der Waals surface area contributed by atoms with Crippen molar-refractivity contribution in [3.05, 3.63) is 40.5 Å². The number of hydrogen-bond acceptors (Lipinski definition) is 3. The molecule has 0 aliphatic rings. The quantitative estimate of drug-likeness (QED) is 0.877. The maximum absolute atomic E-state index is 12.2. The predicted octanol–water partition coefficient (Wildman–Crippen LogP) is 3.29. The van der Waals surface area contributed by atoms with Crippen molar-refractivity contribution < 1.29 is 14.7 Å². The average molecular weight is 322 g/mol. The van der Waals surface area contributed by atoms with Gasteiger partial charge in [0, 0.05) is 28.0 Å². The highest BCUT2D eigenvalue weighted by Gasteiger charge is 2.19. The minimum atomic E-state index is -0.970. The van der Waals surface area contributed by atoms with Crippen molar-refractivity contribution in [2.24, 2.45) is 5.92 Å². The molecule has 0 spiro atoms. The molecule has 0 amide bonds. The van der Waals surface area contributed by atoms with Crippen LogP contribution in [0.4, 0.5) is 0 Å². The number of halogens is 1. The number of pyridine rings is 1. The summed E-state index contributed by atoms with van der Waals surface area (Å²) in [7, 11) is 0. The third-order valence-corrected chi connectivity index (χ3v) is 3.62. The number of carboxylic acid groups (broad SMARTS) is 1. The molecule has 0 radical (unpaired) electrons. The number of ketones is 1. The molecule has 0 saturated carbocycles. The van der Waals surface area contributed by atoms with Crippen LogP contribution in [0, 0.1) is 5.92 Å². The fourth-order valence-electron chi connectivity index (χ4n) is 1.84. The first-order valence-electron chi connectivity index (χ1n) is 5.80. The smallest absolute Gasteiger partial charge is 0.306 e. The van der Waals surface area contributed by atoms with E-state index in [0.717, 1.165) is 9.86 Å². The van der Waals surface area contributed by atoms with Crippen molar-refractivity contribution in [1.82, 2.24) is 4.98 Å². The van der Waals surface area contributed by atoms with Gasteiger partial charge in [-0.1, -0.05) is 28.9 Å². The molecule has 1 N–H and O–H groups in total. The largest absolute Gasteiger partial charge is 0.481 e. The summed E-state index contributed by atoms with van der Waals surface area (Å²) in [4.78, 5) is 27.2. The zero-order chi connectivity index (χ0) is 14.0. The molecule has 2 rings (SSSR count). The van der Waals surface area contributed by atoms with Crippen LogP contribution in [0.25, 0.3) is 10.9 Å². The summed E-state index contributed by atoms with van der Waals surface area (Å²) < 4.78 is 0.860. The number of Topliss-reactive ketones (excluding diaryl/α,β-unsaturated/α-hetero) is 1. The Hall–Kier alpha value is -1.75. The number of benzene rings is 1. The van der Waals surface area contributed by atoms with Crippen molar-refractivity contribution in [1.29, 1.82) is 0 Å². The zero-order valence-corrected chi connectivity index (χ0v) is 11.8. The monoisotopic (exact) mass is 321 g/mol. The molecule has 19 heavy (non-hydrogen) atoms. The van der Waals surface area contributed by atoms with Crippen LogP contribution >= 0.6 is 15.9 Å². The lowest BCUT2D eigenvalue weighted by Crippen LogP contribution is -2.15. The molecule has 2 aromatic rings. The molecule has 1 aromatic heterocycles. The highest BCUT2D eigenvalue weighted by Crippen LogP contribution is 2.26. The zero-order valence-electron chi connectivity index (χ0n) is 10.3. The second-order valence-corrected chi connectivity index (χ2v) is 5.22. The summed E-state index contributed by atoms with van der Waals surface area (Å²) in [5, 5.41) is 9.70. The Morgan fingerprint density at radius 3 is 2.79 bits per heavy atom. The summed E-state index contributed by atoms with van der Waals surface area (Å²) in [6.07, 6.45) is 1.59. The van der Waals surface area contributed by atoms with Crippen LogP contribution in [0.2, 0.25) is 0 Å². The van der Waals surface area contributed by atoms with E-state index in [2.05, 4.69) is 20.9 Å². The molecule has 0 aliphatic carbocycles. The standard InChI is InChI=1S/C14H12BrNO3/c1-8(14(18)19)7-12(17)10-4-5-11(15)9-3-2-6-16-13(9)10/h2-6,8H,7H2,1H3,(H,18,19). The molecule has 0 aliphatic heterocycles. The van der Waals surface area contributed by atoms with Crippen LogP contribution in [-0.2, 0) is 4.79 Å². The van der Waals surface area contributed by atoms with E-state index in [1.54, 1.807) is 24.4 Å². The topological polar surface area (TPSA) is 67.3 Å². The van der Waals surface area contributed by atoms with E-state index in [1.807, 2.05) is 6.07 Å². The second kappa shape index (κ2) is 5.48. The summed E-state index contributed by atoms with van der Waals surface area (Å²) in [5.41, 5.74) is 1.06. The van der Waals surface area contributed by atoms with Crippen LogP contribution in [0.3, 0.4) is 0 Å². The third-order valence-electron chi connectivity index (χ3n) is 2.93. The highest BCUT2D eigenvalue weighted by atomic mass is 79.9. The molecule has 1 unspecified atom stereocenters. The van der Waals surface area contributed by atoms with E-state index >= 15 is 0 Å². The summed E-state index contributed by atoms with van der Waals surface area (Å²) >= 11 is 3.41. The molecule has 1 atom stereocenters. The molecule has 5 heteroatoms. The number of aliphatic carboxylic acids is 1. The first kappa shape index (κ1) is 13.7. The molecule has 4 nitrogen and oxygen atoms in total. The van der Waals surface area contributed by atoms with E-state index < -0.39 is 11.9 Å². The molecule has 1 heterocycles. The Bertz CT molecular complexity index is 654. The van der Waals surface area contributed by atoms with Gasteiger partial charge in [0.2, 0.25) is 0 Å². The second-order valence-electron chi connectivity index (χ2n) is 4.36. The van der Waals surface area contributed by atoms with E-state index in [-0.39, 0.29) is 12.2 Å². The summed E-state index contributed by atoms with van der Waals surface area (Å²) in [5.74, 6) is -1.87. The number of carbonyl (C=O) groups is 2. The van der Waals surface area contributed by atoms with Gasteiger partial charge in [0.15, 0.2) is 5.78 Å². The van der Waals surface area contributed by atoms with E-state index in [0.29, 0.717) is 11.1 Å². The van der Waals surface area contributed by atoms with Crippen LogP contribution in [0.5, 0.6) is 0 Å². The lowest BCUT2D eigenvalue weighted by molar-refractivity contribution is -0.141. The fraction of sp³-hybridized carbons (Fsp3) is 0.214. The van der Waals surface area contributed by atoms with E-state index in [4.69, 9.17) is 5.11 Å². The van der Waals surface area contributed by atoms with Gasteiger partial charge in [0.05, 0.1) is 11.4 Å². The van der Waals surface area contributed by atoms with Gasteiger partial charge < -0.3 is 5.11 Å². The fourth-order valence-corrected chi connectivity index (χ4v) is 2.29. The van der Waals surface area contributed by atoms with E-state index in [9.17, 15) is 9.59 Å². The van der Waals surface area contributed by atoms with Crippen molar-refractivity contribution in [2.45, 2.75) is 13.3 Å². The van der Waals surface area contributed by atoms with Crippen LogP contribution < -0.4 is 0 Å². The van der Waals surface area contributed by atoms with Gasteiger partial charge in [-0.25, -0.2) is 0 Å². The first-order valence-corrected chi connectivity index (χ1v) is 6.59. The van der Waals surface area contributed by atoms with Gasteiger partial charge >= 0.3 is 5.97 Å². The predicted molar refractivity (Wildman–Crippen MR) is 75.2 cm³/mol. The highest BCUT2D eigenvalue weighted by molar-refractivity contribution is 9.10. The Balaban J connectivity index is 2.43. The molecule has 0 bridgehead atoms. The van der Waals surface area contributed by atoms with Crippen LogP contribution in [0.15, 0.2) is 34.9 Å². The number of rotatable bonds is 4. The van der Waals surface area contributed by atoms with Crippen molar-refractivity contribution in [2.75, 3.05) is 0 Å². The molecular formula is C14H12BrNO3. The lowest BCUT2D eigenvalue weighted by Gasteiger charge is -2.08. The minimum Gasteiger partial charge on any atom is -0.481 e. The van der Waals surface area contributed by atoms with Crippen LogP contribution in [0.1, 0.15) is 23.7 Å². The SMILES string of the molecule is CC(CC(=O)c1ccc(Br)c2cccnc12)C(=O)O. The Morgan fingerprint density at radius 2 is 2.11 bits per heavy atom. The van der Waals surface area contributed by atoms with Crippen molar-refractivity contribution >= 4 is 38.6 Å². The normalized spacial score (nSPS) is 12.3. The van der Waals surface area contributed by atoms with Gasteiger partial charge in [0.25, 0.3) is 0 Å². The maximum Gasteiger partial charge on any atom is 0.306 e. The van der Waals surface area contributed by atoms with E-state index in [1.165, 1.54) is 6.92 Å². The van der Waals surface area contributed by atoms with Crippen molar-refractivity contribution in [3.63, 3.8) is 0 Å². The number of fused-ring (bicyclic) bond motifs is 1. The number of carboxylic acids is 1. The summed E-state index contributed by atoms with van der Waals surface area (Å²) in [6, 6.07) is 7.12. The molecular weight excluding hydrogens is 310 g/mol. The maximum atomic E-state index is 12.2. The Labute approximate surface area is 118 Å². The first-order chi connectivity index (χ1) is 9.00. The molecule has 98 valence electrons. The Morgan fingerprint density at radius 1 is 1.37 bits per heavy atom. The molecule has 1 aromatic carbocycles. The lowest BCUT2D eigenvalue weighted by atomic mass is 9.98. The number of nitrogens with zero attached hydrogens (tertiary/aromatic N) is 1. The number of carbonyl (C=O) groups excluding carboxylic acids is 1. The molecule has 0 fully saturated rings. The Kier molecular flexibility index (Phi) is 3.95. The van der Waals surface area contributed by atoms with Gasteiger partial charge in [-0.2, -0.15) is 0 Å². The number of aromatic nitrogens is 1. The van der Waals surface area contributed by atoms with Crippen molar-refractivity contribution in [3.8, 4) is 0 Å². The van der Waals surface area contributed by atoms with Gasteiger partial charge in [0.1, 0.15) is 0 Å². The molecule has 0 saturated heterocycles. The third kappa shape index (κ3) is 2.81. The van der Waals surface area contributed by atoms with Gasteiger partial charge in [-0.05, 0) is 18.2 Å². The number of hydrogen-bond donors (Lipinski definition) is 1. The minimum absolute atomic E-state index is 0.0252. The average Bonchev–Trinajstić information content (AvgIpc) is 2.39. The van der Waals surface area contributed by atoms with Gasteiger partial charge in [-0.3, -0.25) is 14.6 Å². The van der Waals surface area contributed by atoms with Crippen LogP contribution in [-0.4, -0.2) is 21.8 Å². The van der Waals surface area contributed by atoms with Gasteiger partial charge in [-0.15, -0.1) is 0 Å². The summed E-state index contributed by atoms with van der Waals surface area (Å²) in [6.45, 7) is 1.52.